The lowest BCUT2D eigenvalue weighted by Gasteiger charge is -2.40. The molecule has 3 aromatic carbocycles. The predicted molar refractivity (Wildman–Crippen MR) is 123 cm³/mol. The zero-order chi connectivity index (χ0) is 22.0. The summed E-state index contributed by atoms with van der Waals surface area (Å²) in [5.74, 6) is -0.998. The first-order valence-corrected chi connectivity index (χ1v) is 11.3. The monoisotopic (exact) mass is 430 g/mol. The van der Waals surface area contributed by atoms with Gasteiger partial charge in [-0.3, -0.25) is 0 Å². The molecule has 0 unspecified atom stereocenters. The number of ether oxygens (including phenoxy) is 4. The van der Waals surface area contributed by atoms with E-state index in [-0.39, 0.29) is 11.8 Å². The molecule has 2 fully saturated rings. The van der Waals surface area contributed by atoms with Crippen molar-refractivity contribution < 1.29 is 18.9 Å². The van der Waals surface area contributed by atoms with Gasteiger partial charge in [-0.2, -0.15) is 0 Å². The molecule has 0 amide bonds. The molecule has 4 nitrogen and oxygen atoms in total. The van der Waals surface area contributed by atoms with Crippen molar-refractivity contribution in [3.05, 3.63) is 107 Å². The number of rotatable bonds is 4. The molecule has 0 atom stereocenters. The second kappa shape index (κ2) is 8.80. The average Bonchev–Trinajstić information content (AvgIpc) is 2.86. The van der Waals surface area contributed by atoms with Crippen LogP contribution in [0, 0.1) is 0 Å². The first-order valence-electron chi connectivity index (χ1n) is 11.3. The molecule has 2 heterocycles. The van der Waals surface area contributed by atoms with Crippen molar-refractivity contribution in [3.8, 4) is 0 Å². The van der Waals surface area contributed by atoms with E-state index in [0.29, 0.717) is 26.4 Å². The highest BCUT2D eigenvalue weighted by Gasteiger charge is 2.38. The molecule has 0 aromatic heterocycles. The number of hydrogen-bond acceptors (Lipinski definition) is 4. The largest absolute Gasteiger partial charge is 0.345 e. The van der Waals surface area contributed by atoms with Crippen molar-refractivity contribution in [1.29, 1.82) is 0 Å². The van der Waals surface area contributed by atoms with E-state index >= 15 is 0 Å². The van der Waals surface area contributed by atoms with Gasteiger partial charge in [-0.1, -0.05) is 84.9 Å². The van der Waals surface area contributed by atoms with Crippen molar-refractivity contribution in [2.24, 2.45) is 0 Å². The Morgan fingerprint density at radius 3 is 1.12 bits per heavy atom. The Morgan fingerprint density at radius 2 is 0.812 bits per heavy atom. The maximum Gasteiger partial charge on any atom is 0.191 e. The first kappa shape index (κ1) is 21.4. The molecule has 0 N–H and O–H groups in total. The second-order valence-electron chi connectivity index (χ2n) is 8.93. The molecule has 0 spiro atoms. The maximum absolute atomic E-state index is 6.21. The molecule has 0 radical (unpaired) electrons. The van der Waals surface area contributed by atoms with Gasteiger partial charge in [0.05, 0.1) is 26.4 Å². The summed E-state index contributed by atoms with van der Waals surface area (Å²) < 4.78 is 24.8. The van der Waals surface area contributed by atoms with E-state index in [1.54, 1.807) is 0 Å². The van der Waals surface area contributed by atoms with Gasteiger partial charge in [-0.25, -0.2) is 0 Å². The van der Waals surface area contributed by atoms with E-state index in [0.717, 1.165) is 11.1 Å². The molecule has 32 heavy (non-hydrogen) atoms. The van der Waals surface area contributed by atoms with Crippen molar-refractivity contribution in [2.45, 2.75) is 37.3 Å². The quantitative estimate of drug-likeness (QED) is 0.533. The summed E-state index contributed by atoms with van der Waals surface area (Å²) in [6.45, 7) is 6.51. The minimum absolute atomic E-state index is 0.254. The van der Waals surface area contributed by atoms with Crippen LogP contribution in [0.1, 0.15) is 47.9 Å². The number of benzene rings is 3. The van der Waals surface area contributed by atoms with Crippen LogP contribution in [0.15, 0.2) is 84.9 Å². The summed E-state index contributed by atoms with van der Waals surface area (Å²) in [5.41, 5.74) is 4.49. The van der Waals surface area contributed by atoms with Crippen LogP contribution in [0.3, 0.4) is 0 Å². The Balaban J connectivity index is 1.23. The summed E-state index contributed by atoms with van der Waals surface area (Å²) in [4.78, 5) is 0. The molecule has 3 aromatic rings. The molecular weight excluding hydrogens is 400 g/mol. The van der Waals surface area contributed by atoms with E-state index in [1.807, 2.05) is 26.0 Å². The molecule has 166 valence electrons. The van der Waals surface area contributed by atoms with Gasteiger partial charge >= 0.3 is 0 Å². The molecular formula is C28H30O4. The Morgan fingerprint density at radius 1 is 0.500 bits per heavy atom. The lowest BCUT2D eigenvalue weighted by molar-refractivity contribution is -0.273. The molecule has 0 saturated carbocycles. The van der Waals surface area contributed by atoms with E-state index < -0.39 is 11.6 Å². The third-order valence-corrected chi connectivity index (χ3v) is 6.72. The van der Waals surface area contributed by atoms with Crippen molar-refractivity contribution in [3.63, 3.8) is 0 Å². The maximum atomic E-state index is 6.21. The topological polar surface area (TPSA) is 36.9 Å². The summed E-state index contributed by atoms with van der Waals surface area (Å²) in [5, 5.41) is 0. The van der Waals surface area contributed by atoms with Gasteiger partial charge in [-0.15, -0.1) is 0 Å². The molecule has 0 aliphatic carbocycles. The first-order chi connectivity index (χ1) is 15.6. The van der Waals surface area contributed by atoms with Gasteiger partial charge in [0.1, 0.15) is 0 Å². The summed E-state index contributed by atoms with van der Waals surface area (Å²) >= 11 is 0. The minimum Gasteiger partial charge on any atom is -0.345 e. The zero-order valence-electron chi connectivity index (χ0n) is 18.7. The van der Waals surface area contributed by atoms with Gasteiger partial charge in [0.2, 0.25) is 0 Å². The SMILES string of the molecule is CC1(c2ccc(C3(C)OCC(c4ccccc4)CO3)cc2)OCC(c2ccccc2)CO1. The summed E-state index contributed by atoms with van der Waals surface area (Å²) in [6, 6.07) is 29.0. The Bertz CT molecular complexity index is 916. The Labute approximate surface area is 190 Å². The molecule has 2 aliphatic heterocycles. The van der Waals surface area contributed by atoms with Gasteiger partial charge in [0.15, 0.2) is 11.6 Å². The van der Waals surface area contributed by atoms with Crippen molar-refractivity contribution >= 4 is 0 Å². The van der Waals surface area contributed by atoms with E-state index in [4.69, 9.17) is 18.9 Å². The Kier molecular flexibility index (Phi) is 5.87. The van der Waals surface area contributed by atoms with Crippen molar-refractivity contribution in [1.82, 2.24) is 0 Å². The van der Waals surface area contributed by atoms with E-state index in [9.17, 15) is 0 Å². The molecule has 2 aliphatic rings. The highest BCUT2D eigenvalue weighted by atomic mass is 16.7. The molecule has 4 heteroatoms. The van der Waals surface area contributed by atoms with Crippen LogP contribution in [0.5, 0.6) is 0 Å². The van der Waals surface area contributed by atoms with E-state index in [2.05, 4.69) is 72.8 Å². The Hall–Kier alpha value is -2.50. The lowest BCUT2D eigenvalue weighted by Crippen LogP contribution is -2.40. The fraction of sp³-hybridized carbons (Fsp3) is 0.357. The minimum atomic E-state index is -0.753. The normalized spacial score (nSPS) is 30.7. The van der Waals surface area contributed by atoms with Crippen LogP contribution >= 0.6 is 0 Å². The molecule has 0 bridgehead atoms. The van der Waals surface area contributed by atoms with E-state index in [1.165, 1.54) is 11.1 Å². The lowest BCUT2D eigenvalue weighted by atomic mass is 9.96. The average molecular weight is 431 g/mol. The fourth-order valence-electron chi connectivity index (χ4n) is 4.46. The van der Waals surface area contributed by atoms with Crippen molar-refractivity contribution in [2.75, 3.05) is 26.4 Å². The summed E-state index contributed by atoms with van der Waals surface area (Å²) in [6.07, 6.45) is 0. The predicted octanol–water partition coefficient (Wildman–Crippen LogP) is 5.69. The highest BCUT2D eigenvalue weighted by molar-refractivity contribution is 5.30. The van der Waals surface area contributed by atoms with Crippen LogP contribution in [0.2, 0.25) is 0 Å². The zero-order valence-corrected chi connectivity index (χ0v) is 18.7. The van der Waals surface area contributed by atoms with Crippen LogP contribution < -0.4 is 0 Å². The van der Waals surface area contributed by atoms with Crippen LogP contribution in [0.25, 0.3) is 0 Å². The van der Waals surface area contributed by atoms with Gasteiger partial charge in [-0.05, 0) is 25.0 Å². The van der Waals surface area contributed by atoms with Gasteiger partial charge < -0.3 is 18.9 Å². The standard InChI is InChI=1S/C28H30O4/c1-27(29-17-23(18-30-27)21-9-5-3-6-10-21)25-13-15-26(16-14-25)28(2)31-19-24(20-32-28)22-11-7-4-8-12-22/h3-16,23-24H,17-20H2,1-2H3. The fourth-order valence-corrected chi connectivity index (χ4v) is 4.46. The van der Waals surface area contributed by atoms with Gasteiger partial charge in [0.25, 0.3) is 0 Å². The van der Waals surface area contributed by atoms with Crippen LogP contribution in [-0.2, 0) is 30.5 Å². The molecule has 5 rings (SSSR count). The summed E-state index contributed by atoms with van der Waals surface area (Å²) in [7, 11) is 0. The second-order valence-corrected chi connectivity index (χ2v) is 8.93. The smallest absolute Gasteiger partial charge is 0.191 e. The molecule has 2 saturated heterocycles. The number of hydrogen-bond donors (Lipinski definition) is 0. The van der Waals surface area contributed by atoms with Crippen LogP contribution in [0.4, 0.5) is 0 Å². The highest BCUT2D eigenvalue weighted by Crippen LogP contribution is 2.38. The third-order valence-electron chi connectivity index (χ3n) is 6.72. The third kappa shape index (κ3) is 4.24. The van der Waals surface area contributed by atoms with Crippen LogP contribution in [-0.4, -0.2) is 26.4 Å². The van der Waals surface area contributed by atoms with Gasteiger partial charge in [0, 0.05) is 23.0 Å².